The average Bonchev–Trinajstić information content (AvgIpc) is 2.77. The SMILES string of the molecule is CCCCCCN(CCCC)Cc1ccccc1CN(CCCC)CCCCCC. The van der Waals surface area contributed by atoms with E-state index in [1.165, 1.54) is 103 Å². The van der Waals surface area contributed by atoms with E-state index in [1.807, 2.05) is 0 Å². The Labute approximate surface area is 189 Å². The van der Waals surface area contributed by atoms with Crippen LogP contribution in [0.25, 0.3) is 0 Å². The fourth-order valence-electron chi connectivity index (χ4n) is 4.18. The van der Waals surface area contributed by atoms with Gasteiger partial charge in [-0.1, -0.05) is 103 Å². The molecule has 2 nitrogen and oxygen atoms in total. The summed E-state index contributed by atoms with van der Waals surface area (Å²) in [6.45, 7) is 16.5. The standard InChI is InChI=1S/C28H52N2/c1-5-9-13-17-23-29(21-11-7-3)25-27-19-15-16-20-28(27)26-30(22-12-8-4)24-18-14-10-6-2/h15-16,19-20H,5-14,17-18,21-26H2,1-4H3. The lowest BCUT2D eigenvalue weighted by molar-refractivity contribution is 0.242. The lowest BCUT2D eigenvalue weighted by Gasteiger charge is -2.26. The summed E-state index contributed by atoms with van der Waals surface area (Å²) >= 11 is 0. The topological polar surface area (TPSA) is 6.48 Å². The third kappa shape index (κ3) is 12.7. The second kappa shape index (κ2) is 18.9. The summed E-state index contributed by atoms with van der Waals surface area (Å²) < 4.78 is 0. The van der Waals surface area contributed by atoms with Gasteiger partial charge in [0, 0.05) is 13.1 Å². The molecule has 0 unspecified atom stereocenters. The van der Waals surface area contributed by atoms with Crippen molar-refractivity contribution in [3.8, 4) is 0 Å². The van der Waals surface area contributed by atoms with Crippen LogP contribution in [0.15, 0.2) is 24.3 Å². The van der Waals surface area contributed by atoms with Crippen molar-refractivity contribution in [3.05, 3.63) is 35.4 Å². The van der Waals surface area contributed by atoms with Crippen LogP contribution < -0.4 is 0 Å². The van der Waals surface area contributed by atoms with Crippen molar-refractivity contribution < 1.29 is 0 Å². The van der Waals surface area contributed by atoms with Gasteiger partial charge in [-0.05, 0) is 63.0 Å². The fourth-order valence-corrected chi connectivity index (χ4v) is 4.18. The first kappa shape index (κ1) is 27.2. The molecule has 0 saturated heterocycles. The van der Waals surface area contributed by atoms with Crippen LogP contribution in [0.4, 0.5) is 0 Å². The minimum absolute atomic E-state index is 1.12. The van der Waals surface area contributed by atoms with Gasteiger partial charge in [0.25, 0.3) is 0 Å². The van der Waals surface area contributed by atoms with E-state index in [1.54, 1.807) is 11.1 Å². The molecule has 2 heteroatoms. The molecule has 0 fully saturated rings. The zero-order valence-corrected chi connectivity index (χ0v) is 20.9. The van der Waals surface area contributed by atoms with Crippen LogP contribution in [-0.2, 0) is 13.1 Å². The Kier molecular flexibility index (Phi) is 17.1. The van der Waals surface area contributed by atoms with Gasteiger partial charge in [-0.25, -0.2) is 0 Å². The Hall–Kier alpha value is -0.860. The third-order valence-electron chi connectivity index (χ3n) is 6.22. The predicted molar refractivity (Wildman–Crippen MR) is 135 cm³/mol. The fraction of sp³-hybridized carbons (Fsp3) is 0.786. The summed E-state index contributed by atoms with van der Waals surface area (Å²) in [6.07, 6.45) is 16.1. The molecule has 0 aliphatic carbocycles. The number of unbranched alkanes of at least 4 members (excludes halogenated alkanes) is 8. The largest absolute Gasteiger partial charge is 0.299 e. The van der Waals surface area contributed by atoms with E-state index in [-0.39, 0.29) is 0 Å². The highest BCUT2D eigenvalue weighted by molar-refractivity contribution is 5.27. The zero-order chi connectivity index (χ0) is 21.9. The molecule has 0 radical (unpaired) electrons. The van der Waals surface area contributed by atoms with Gasteiger partial charge in [-0.15, -0.1) is 0 Å². The number of hydrogen-bond donors (Lipinski definition) is 0. The van der Waals surface area contributed by atoms with Crippen LogP contribution in [0, 0.1) is 0 Å². The van der Waals surface area contributed by atoms with Crippen molar-refractivity contribution in [2.75, 3.05) is 26.2 Å². The Bertz CT molecular complexity index is 454. The normalized spacial score (nSPS) is 11.7. The Morgan fingerprint density at radius 1 is 0.467 bits per heavy atom. The van der Waals surface area contributed by atoms with E-state index in [2.05, 4.69) is 61.8 Å². The highest BCUT2D eigenvalue weighted by Crippen LogP contribution is 2.17. The molecule has 0 aliphatic heterocycles. The van der Waals surface area contributed by atoms with Crippen molar-refractivity contribution >= 4 is 0 Å². The molecule has 0 atom stereocenters. The molecule has 0 saturated carbocycles. The maximum absolute atomic E-state index is 2.72. The van der Waals surface area contributed by atoms with Crippen LogP contribution in [0.5, 0.6) is 0 Å². The van der Waals surface area contributed by atoms with E-state index in [0.29, 0.717) is 0 Å². The number of hydrogen-bond acceptors (Lipinski definition) is 2. The lowest BCUT2D eigenvalue weighted by Crippen LogP contribution is -2.29. The van der Waals surface area contributed by atoms with Gasteiger partial charge in [0.1, 0.15) is 0 Å². The van der Waals surface area contributed by atoms with Gasteiger partial charge in [-0.3, -0.25) is 9.80 Å². The minimum atomic E-state index is 1.12. The molecular weight excluding hydrogens is 364 g/mol. The van der Waals surface area contributed by atoms with Crippen LogP contribution in [-0.4, -0.2) is 36.0 Å². The number of benzene rings is 1. The summed E-state index contributed by atoms with van der Waals surface area (Å²) in [5.41, 5.74) is 3.11. The molecule has 174 valence electrons. The molecule has 0 spiro atoms. The molecule has 0 aliphatic rings. The molecule has 1 aromatic carbocycles. The van der Waals surface area contributed by atoms with Gasteiger partial charge in [-0.2, -0.15) is 0 Å². The summed E-state index contributed by atoms with van der Waals surface area (Å²) in [7, 11) is 0. The van der Waals surface area contributed by atoms with E-state index in [9.17, 15) is 0 Å². The van der Waals surface area contributed by atoms with E-state index >= 15 is 0 Å². The Balaban J connectivity index is 2.74. The van der Waals surface area contributed by atoms with Gasteiger partial charge < -0.3 is 0 Å². The van der Waals surface area contributed by atoms with Crippen LogP contribution in [0.2, 0.25) is 0 Å². The monoisotopic (exact) mass is 416 g/mol. The van der Waals surface area contributed by atoms with Crippen molar-refractivity contribution in [2.24, 2.45) is 0 Å². The number of rotatable bonds is 20. The summed E-state index contributed by atoms with van der Waals surface area (Å²) in [4.78, 5) is 5.44. The summed E-state index contributed by atoms with van der Waals surface area (Å²) in [5.74, 6) is 0. The average molecular weight is 417 g/mol. The van der Waals surface area contributed by atoms with Crippen LogP contribution in [0.1, 0.15) is 116 Å². The van der Waals surface area contributed by atoms with Gasteiger partial charge >= 0.3 is 0 Å². The predicted octanol–water partition coefficient (Wildman–Crippen LogP) is 8.05. The van der Waals surface area contributed by atoms with Crippen LogP contribution >= 0.6 is 0 Å². The van der Waals surface area contributed by atoms with Gasteiger partial charge in [0.05, 0.1) is 0 Å². The van der Waals surface area contributed by atoms with Crippen molar-refractivity contribution in [1.82, 2.24) is 9.80 Å². The third-order valence-corrected chi connectivity index (χ3v) is 6.22. The van der Waals surface area contributed by atoms with E-state index in [4.69, 9.17) is 0 Å². The first-order chi connectivity index (χ1) is 14.7. The zero-order valence-electron chi connectivity index (χ0n) is 20.9. The molecule has 1 rings (SSSR count). The van der Waals surface area contributed by atoms with E-state index < -0.39 is 0 Å². The number of nitrogens with zero attached hydrogens (tertiary/aromatic N) is 2. The second-order valence-electron chi connectivity index (χ2n) is 9.15. The molecule has 0 amide bonds. The van der Waals surface area contributed by atoms with Crippen molar-refractivity contribution in [3.63, 3.8) is 0 Å². The first-order valence-corrected chi connectivity index (χ1v) is 13.3. The molecular formula is C28H52N2. The van der Waals surface area contributed by atoms with Gasteiger partial charge in [0.15, 0.2) is 0 Å². The minimum Gasteiger partial charge on any atom is -0.299 e. The summed E-state index contributed by atoms with van der Waals surface area (Å²) in [5, 5.41) is 0. The molecule has 0 aromatic heterocycles. The maximum atomic E-state index is 2.72. The molecule has 30 heavy (non-hydrogen) atoms. The first-order valence-electron chi connectivity index (χ1n) is 13.3. The molecule has 1 aromatic rings. The quantitative estimate of drug-likeness (QED) is 0.198. The Morgan fingerprint density at radius 2 is 0.833 bits per heavy atom. The molecule has 0 N–H and O–H groups in total. The van der Waals surface area contributed by atoms with Gasteiger partial charge in [0.2, 0.25) is 0 Å². The second-order valence-corrected chi connectivity index (χ2v) is 9.15. The van der Waals surface area contributed by atoms with Crippen LogP contribution in [0.3, 0.4) is 0 Å². The molecule has 0 heterocycles. The van der Waals surface area contributed by atoms with Crippen molar-refractivity contribution in [2.45, 2.75) is 118 Å². The lowest BCUT2D eigenvalue weighted by atomic mass is 10.0. The van der Waals surface area contributed by atoms with Crippen molar-refractivity contribution in [1.29, 1.82) is 0 Å². The summed E-state index contributed by atoms with van der Waals surface area (Å²) in [6, 6.07) is 9.25. The highest BCUT2D eigenvalue weighted by Gasteiger charge is 2.12. The highest BCUT2D eigenvalue weighted by atomic mass is 15.1. The smallest absolute Gasteiger partial charge is 0.0236 e. The van der Waals surface area contributed by atoms with E-state index in [0.717, 1.165) is 13.1 Å². The maximum Gasteiger partial charge on any atom is 0.0236 e. The molecule has 0 bridgehead atoms. The Morgan fingerprint density at radius 3 is 1.20 bits per heavy atom.